The molecule has 0 bridgehead atoms. The summed E-state index contributed by atoms with van der Waals surface area (Å²) in [5.41, 5.74) is 0.573. The summed E-state index contributed by atoms with van der Waals surface area (Å²) in [7, 11) is 0. The van der Waals surface area contributed by atoms with Gasteiger partial charge in [-0.25, -0.2) is 0 Å². The maximum atomic E-state index is 11.5. The molecule has 88 valence electrons. The Kier molecular flexibility index (Phi) is 5.12. The smallest absolute Gasteiger partial charge is 0.224 e. The first kappa shape index (κ1) is 12.8. The number of aromatic hydroxyl groups is 1. The van der Waals surface area contributed by atoms with Crippen LogP contribution in [0.4, 0.5) is 5.69 Å². The standard InChI is InChI=1S/C12H16ClNO2/c1-2-3-4-5-12(16)14-9-6-7-10(13)11(15)8-9/h6-8,15H,2-5H2,1H3,(H,14,16). The topological polar surface area (TPSA) is 49.3 Å². The van der Waals surface area contributed by atoms with E-state index in [1.54, 1.807) is 12.1 Å². The van der Waals surface area contributed by atoms with Crippen molar-refractivity contribution in [3.8, 4) is 5.75 Å². The minimum atomic E-state index is -0.0322. The molecule has 1 aromatic carbocycles. The fourth-order valence-corrected chi connectivity index (χ4v) is 1.47. The average Bonchev–Trinajstić information content (AvgIpc) is 2.24. The Bertz CT molecular complexity index is 366. The van der Waals surface area contributed by atoms with Crippen LogP contribution in [-0.2, 0) is 4.79 Å². The first-order chi connectivity index (χ1) is 7.63. The van der Waals surface area contributed by atoms with Gasteiger partial charge in [0.15, 0.2) is 0 Å². The quantitative estimate of drug-likeness (QED) is 0.775. The predicted octanol–water partition coefficient (Wildman–Crippen LogP) is 3.56. The number of carbonyl (C=O) groups is 1. The van der Waals surface area contributed by atoms with E-state index >= 15 is 0 Å². The molecule has 0 saturated carbocycles. The number of anilines is 1. The number of halogens is 1. The van der Waals surface area contributed by atoms with Crippen LogP contribution in [0, 0.1) is 0 Å². The molecule has 1 rings (SSSR count). The third-order valence-electron chi connectivity index (χ3n) is 2.24. The maximum Gasteiger partial charge on any atom is 0.224 e. The zero-order chi connectivity index (χ0) is 12.0. The Morgan fingerprint density at radius 1 is 1.44 bits per heavy atom. The second-order valence-corrected chi connectivity index (χ2v) is 4.08. The molecule has 0 aromatic heterocycles. The molecule has 0 aliphatic rings. The third-order valence-corrected chi connectivity index (χ3v) is 2.56. The van der Waals surface area contributed by atoms with Crippen LogP contribution < -0.4 is 5.32 Å². The zero-order valence-corrected chi connectivity index (χ0v) is 10.0. The van der Waals surface area contributed by atoms with E-state index in [4.69, 9.17) is 11.6 Å². The molecule has 0 atom stereocenters. The highest BCUT2D eigenvalue weighted by Gasteiger charge is 2.04. The second kappa shape index (κ2) is 6.38. The fraction of sp³-hybridized carbons (Fsp3) is 0.417. The summed E-state index contributed by atoms with van der Waals surface area (Å²) < 4.78 is 0. The number of benzene rings is 1. The average molecular weight is 242 g/mol. The molecule has 0 aliphatic heterocycles. The van der Waals surface area contributed by atoms with Crippen LogP contribution in [0.15, 0.2) is 18.2 Å². The normalized spacial score (nSPS) is 10.1. The molecule has 0 radical (unpaired) electrons. The lowest BCUT2D eigenvalue weighted by molar-refractivity contribution is -0.116. The number of hydrogen-bond acceptors (Lipinski definition) is 2. The number of phenolic OH excluding ortho intramolecular Hbond substituents is 1. The van der Waals surface area contributed by atoms with Gasteiger partial charge >= 0.3 is 0 Å². The number of amides is 1. The maximum absolute atomic E-state index is 11.5. The molecule has 16 heavy (non-hydrogen) atoms. The van der Waals surface area contributed by atoms with E-state index in [0.29, 0.717) is 12.1 Å². The van der Waals surface area contributed by atoms with Crippen LogP contribution in [0.2, 0.25) is 5.02 Å². The number of phenols is 1. The van der Waals surface area contributed by atoms with E-state index in [0.717, 1.165) is 19.3 Å². The van der Waals surface area contributed by atoms with E-state index in [2.05, 4.69) is 12.2 Å². The number of unbranched alkanes of at least 4 members (excludes halogenated alkanes) is 2. The monoisotopic (exact) mass is 241 g/mol. The molecule has 0 heterocycles. The van der Waals surface area contributed by atoms with Crippen molar-refractivity contribution in [3.05, 3.63) is 23.2 Å². The van der Waals surface area contributed by atoms with Gasteiger partial charge in [0.25, 0.3) is 0 Å². The fourth-order valence-electron chi connectivity index (χ4n) is 1.35. The molecule has 0 aliphatic carbocycles. The van der Waals surface area contributed by atoms with Crippen LogP contribution in [0.25, 0.3) is 0 Å². The van der Waals surface area contributed by atoms with Gasteiger partial charge in [0.05, 0.1) is 5.02 Å². The number of hydrogen-bond donors (Lipinski definition) is 2. The van der Waals surface area contributed by atoms with Gasteiger partial charge < -0.3 is 10.4 Å². The molecular weight excluding hydrogens is 226 g/mol. The number of carbonyl (C=O) groups excluding carboxylic acids is 1. The summed E-state index contributed by atoms with van der Waals surface area (Å²) in [6.45, 7) is 2.09. The molecule has 2 N–H and O–H groups in total. The highest BCUT2D eigenvalue weighted by atomic mass is 35.5. The number of rotatable bonds is 5. The van der Waals surface area contributed by atoms with Crippen molar-refractivity contribution in [1.29, 1.82) is 0 Å². The molecule has 1 aromatic rings. The molecule has 0 unspecified atom stereocenters. The van der Waals surface area contributed by atoms with Crippen LogP contribution in [-0.4, -0.2) is 11.0 Å². The van der Waals surface area contributed by atoms with Crippen molar-refractivity contribution < 1.29 is 9.90 Å². The Balaban J connectivity index is 2.46. The molecule has 1 amide bonds. The van der Waals surface area contributed by atoms with Gasteiger partial charge in [0.1, 0.15) is 5.75 Å². The van der Waals surface area contributed by atoms with Gasteiger partial charge in [-0.2, -0.15) is 0 Å². The summed E-state index contributed by atoms with van der Waals surface area (Å²) >= 11 is 5.66. The molecule has 0 saturated heterocycles. The zero-order valence-electron chi connectivity index (χ0n) is 9.29. The van der Waals surface area contributed by atoms with E-state index in [-0.39, 0.29) is 16.7 Å². The van der Waals surface area contributed by atoms with E-state index in [1.807, 2.05) is 0 Å². The van der Waals surface area contributed by atoms with E-state index < -0.39 is 0 Å². The highest BCUT2D eigenvalue weighted by molar-refractivity contribution is 6.32. The molecule has 0 fully saturated rings. The Labute approximate surface area is 100 Å². The van der Waals surface area contributed by atoms with Gasteiger partial charge in [-0.1, -0.05) is 31.4 Å². The van der Waals surface area contributed by atoms with E-state index in [1.165, 1.54) is 6.07 Å². The predicted molar refractivity (Wildman–Crippen MR) is 65.9 cm³/mol. The van der Waals surface area contributed by atoms with Crippen molar-refractivity contribution >= 4 is 23.2 Å². The molecule has 4 heteroatoms. The van der Waals surface area contributed by atoms with Crippen molar-refractivity contribution in [1.82, 2.24) is 0 Å². The summed E-state index contributed by atoms with van der Waals surface area (Å²) in [4.78, 5) is 11.5. The van der Waals surface area contributed by atoms with Gasteiger partial charge in [-0.05, 0) is 18.6 Å². The summed E-state index contributed by atoms with van der Waals surface area (Å²) in [6.07, 6.45) is 3.55. The Morgan fingerprint density at radius 2 is 2.19 bits per heavy atom. The Hall–Kier alpha value is -1.22. The van der Waals surface area contributed by atoms with Crippen molar-refractivity contribution in [2.75, 3.05) is 5.32 Å². The van der Waals surface area contributed by atoms with E-state index in [9.17, 15) is 9.90 Å². The van der Waals surface area contributed by atoms with Gasteiger partial charge in [-0.15, -0.1) is 0 Å². The van der Waals surface area contributed by atoms with Crippen LogP contribution in [0.1, 0.15) is 32.6 Å². The minimum absolute atomic E-state index is 0.0203. The van der Waals surface area contributed by atoms with Gasteiger partial charge in [0.2, 0.25) is 5.91 Å². The number of nitrogens with one attached hydrogen (secondary N) is 1. The van der Waals surface area contributed by atoms with Crippen molar-refractivity contribution in [3.63, 3.8) is 0 Å². The van der Waals surface area contributed by atoms with Crippen LogP contribution >= 0.6 is 11.6 Å². The summed E-state index contributed by atoms with van der Waals surface area (Å²) in [5, 5.41) is 12.3. The van der Waals surface area contributed by atoms with Crippen molar-refractivity contribution in [2.24, 2.45) is 0 Å². The lowest BCUT2D eigenvalue weighted by Crippen LogP contribution is -2.10. The largest absolute Gasteiger partial charge is 0.506 e. The SMILES string of the molecule is CCCCCC(=O)Nc1ccc(Cl)c(O)c1. The second-order valence-electron chi connectivity index (χ2n) is 3.67. The molecular formula is C12H16ClNO2. The van der Waals surface area contributed by atoms with Crippen molar-refractivity contribution in [2.45, 2.75) is 32.6 Å². The molecule has 0 spiro atoms. The van der Waals surface area contributed by atoms with Crippen LogP contribution in [0.3, 0.4) is 0 Å². The van der Waals surface area contributed by atoms with Crippen LogP contribution in [0.5, 0.6) is 5.75 Å². The molecule has 3 nitrogen and oxygen atoms in total. The van der Waals surface area contributed by atoms with Gasteiger partial charge in [0, 0.05) is 18.2 Å². The third kappa shape index (κ3) is 4.11. The lowest BCUT2D eigenvalue weighted by Gasteiger charge is -2.06. The first-order valence-corrected chi connectivity index (χ1v) is 5.79. The minimum Gasteiger partial charge on any atom is -0.506 e. The summed E-state index contributed by atoms with van der Waals surface area (Å²) in [6, 6.07) is 4.67. The van der Waals surface area contributed by atoms with Gasteiger partial charge in [-0.3, -0.25) is 4.79 Å². The highest BCUT2D eigenvalue weighted by Crippen LogP contribution is 2.26. The Morgan fingerprint density at radius 3 is 2.81 bits per heavy atom. The lowest BCUT2D eigenvalue weighted by atomic mass is 10.2. The first-order valence-electron chi connectivity index (χ1n) is 5.42. The summed E-state index contributed by atoms with van der Waals surface area (Å²) in [5.74, 6) is -0.0526.